The van der Waals surface area contributed by atoms with Gasteiger partial charge in [0.15, 0.2) is 16.8 Å². The molecule has 4 aromatic rings. The third-order valence-electron chi connectivity index (χ3n) is 14.8. The molecule has 1 saturated heterocycles. The summed E-state index contributed by atoms with van der Waals surface area (Å²) in [7, 11) is 0. The second-order valence-electron chi connectivity index (χ2n) is 18.8. The molecule has 342 valence electrons. The molecule has 5 heterocycles. The van der Waals surface area contributed by atoms with Crippen LogP contribution in [0.15, 0.2) is 92.4 Å². The molecule has 4 aliphatic heterocycles. The van der Waals surface area contributed by atoms with Crippen LogP contribution in [-0.2, 0) is 27.4 Å². The number of aromatic hydroxyl groups is 2. The summed E-state index contributed by atoms with van der Waals surface area (Å²) in [6.07, 6.45) is 6.86. The van der Waals surface area contributed by atoms with Crippen LogP contribution in [0.1, 0.15) is 55.4 Å². The van der Waals surface area contributed by atoms with E-state index in [2.05, 4.69) is 16.4 Å². The number of hydrogen-bond donors (Lipinski definition) is 8. The second-order valence-corrected chi connectivity index (χ2v) is 18.8. The van der Waals surface area contributed by atoms with Crippen molar-refractivity contribution in [2.75, 3.05) is 31.2 Å². The maximum absolute atomic E-state index is 13.7. The quantitative estimate of drug-likeness (QED) is 0.0576. The normalized spacial score (nSPS) is 26.5. The lowest BCUT2D eigenvalue weighted by Gasteiger charge is -2.49. The van der Waals surface area contributed by atoms with Gasteiger partial charge in [-0.15, -0.1) is 0 Å². The van der Waals surface area contributed by atoms with Crippen molar-refractivity contribution < 1.29 is 59.5 Å². The van der Waals surface area contributed by atoms with Crippen molar-refractivity contribution in [3.8, 4) is 17.2 Å². The first kappa shape index (κ1) is 43.3. The molecule has 8 N–H and O–H groups in total. The van der Waals surface area contributed by atoms with E-state index in [4.69, 9.17) is 18.9 Å². The highest BCUT2D eigenvalue weighted by molar-refractivity contribution is 5.96. The van der Waals surface area contributed by atoms with Crippen LogP contribution in [0.2, 0.25) is 0 Å². The molecular weight excluding hydrogens is 839 g/mol. The fourth-order valence-electron chi connectivity index (χ4n) is 11.4. The Morgan fingerprint density at radius 1 is 1.05 bits per heavy atom. The molecular formula is C49H53N3O13. The van der Waals surface area contributed by atoms with E-state index in [-0.39, 0.29) is 41.1 Å². The Morgan fingerprint density at radius 3 is 2.65 bits per heavy atom. The van der Waals surface area contributed by atoms with E-state index in [1.165, 1.54) is 36.4 Å². The zero-order valence-electron chi connectivity index (χ0n) is 35.9. The number of phenolic OH excluding ortho intramolecular Hbond substituents is 2. The second kappa shape index (κ2) is 16.4. The Hall–Kier alpha value is -5.59. The molecule has 1 amide bonds. The van der Waals surface area contributed by atoms with E-state index in [9.17, 15) is 45.3 Å². The number of carbonyl (C=O) groups is 1. The van der Waals surface area contributed by atoms with Gasteiger partial charge in [0.2, 0.25) is 5.91 Å². The highest BCUT2D eigenvalue weighted by Gasteiger charge is 2.58. The minimum atomic E-state index is -2.41. The first-order valence-corrected chi connectivity index (χ1v) is 22.3. The van der Waals surface area contributed by atoms with Crippen molar-refractivity contribution in [1.82, 2.24) is 5.32 Å². The maximum atomic E-state index is 13.7. The molecule has 1 saturated carbocycles. The van der Waals surface area contributed by atoms with Crippen molar-refractivity contribution in [3.63, 3.8) is 0 Å². The molecule has 16 heteroatoms. The average molecular weight is 892 g/mol. The fourth-order valence-corrected chi connectivity index (χ4v) is 11.4. The van der Waals surface area contributed by atoms with Crippen molar-refractivity contribution >= 4 is 39.6 Å². The third kappa shape index (κ3) is 7.31. The van der Waals surface area contributed by atoms with Crippen LogP contribution in [0.3, 0.4) is 0 Å². The molecule has 0 bridgehead atoms. The summed E-state index contributed by atoms with van der Waals surface area (Å²) in [6.45, 7) is 0.980. The number of aryl methyl sites for hydroxylation is 1. The first-order valence-electron chi connectivity index (χ1n) is 22.3. The molecule has 6 aliphatic rings. The summed E-state index contributed by atoms with van der Waals surface area (Å²) in [6, 6.07) is 10.3. The number of hydrogen-bond acceptors (Lipinski definition) is 15. The number of nitrogens with zero attached hydrogens (tertiary/aromatic N) is 2. The van der Waals surface area contributed by atoms with E-state index in [0.29, 0.717) is 76.0 Å². The summed E-state index contributed by atoms with van der Waals surface area (Å²) in [4.78, 5) is 46.2. The smallest absolute Gasteiger partial charge is 0.226 e. The van der Waals surface area contributed by atoms with Crippen molar-refractivity contribution in [3.05, 3.63) is 105 Å². The summed E-state index contributed by atoms with van der Waals surface area (Å²) >= 11 is 0. The molecule has 2 fully saturated rings. The Bertz CT molecular complexity index is 2760. The molecule has 65 heavy (non-hydrogen) atoms. The molecule has 0 unspecified atom stereocenters. The number of aliphatic hydroxyl groups is 5. The van der Waals surface area contributed by atoms with Crippen molar-refractivity contribution in [2.24, 2.45) is 22.2 Å². The highest BCUT2D eigenvalue weighted by Crippen LogP contribution is 2.56. The number of ether oxygens (including phenoxy) is 1. The van der Waals surface area contributed by atoms with Gasteiger partial charge in [-0.3, -0.25) is 14.6 Å². The van der Waals surface area contributed by atoms with E-state index in [1.807, 2.05) is 23.3 Å². The van der Waals surface area contributed by atoms with Gasteiger partial charge in [-0.1, -0.05) is 31.1 Å². The standard InChI is InChI=1S/C49H53N3O13/c1-26-15-38(56)34-16-30-17-40(65-62-25-48(61,45(59)42(58)39(57)24-53)19-27-6-9-37(55)32-8-7-31(54)18-33(27)32)49(13-4-5-28(20-49)35-21-51-46(60)47(35)11-2-3-12-47)64-43(30)41(44(34)63-26)52-22-29-10-14-50-36(29)23-52/h4-10,14-16,18,23,28,35,39-40,42,45,53-55,57-59,61H,2-3,11-13,17,19-22,24-25H2,1H3,(H,51,60)/t28-,35+,39-,40-,42-,45+,48+,49-/m1/s1. The largest absolute Gasteiger partial charge is 0.508 e. The van der Waals surface area contributed by atoms with Crippen molar-refractivity contribution in [2.45, 2.75) is 93.9 Å². The lowest BCUT2D eigenvalue weighted by atomic mass is 9.64. The van der Waals surface area contributed by atoms with Crippen LogP contribution in [-0.4, -0.2) is 110 Å². The lowest BCUT2D eigenvalue weighted by molar-refractivity contribution is -0.373. The van der Waals surface area contributed by atoms with Crippen LogP contribution >= 0.6 is 0 Å². The Labute approximate surface area is 373 Å². The van der Waals surface area contributed by atoms with Crippen LogP contribution < -0.4 is 20.4 Å². The number of phenols is 2. The Balaban J connectivity index is 1.04. The summed E-state index contributed by atoms with van der Waals surface area (Å²) in [5.41, 5.74) is -0.654. The molecule has 10 rings (SSSR count). The van der Waals surface area contributed by atoms with E-state index < -0.39 is 60.7 Å². The van der Waals surface area contributed by atoms with Gasteiger partial charge in [-0.05, 0) is 85.4 Å². The maximum Gasteiger partial charge on any atom is 0.226 e. The number of allylic oxidation sites excluding steroid dienone is 2. The number of aliphatic hydroxyl groups excluding tert-OH is 4. The van der Waals surface area contributed by atoms with Crippen LogP contribution in [0, 0.1) is 24.2 Å². The number of carbonyl (C=O) groups excluding carboxylic acids is 1. The minimum absolute atomic E-state index is 0.0269. The van der Waals surface area contributed by atoms with Gasteiger partial charge in [-0.25, -0.2) is 9.78 Å². The topological polar surface area (TPSA) is 244 Å². The van der Waals surface area contributed by atoms with Gasteiger partial charge < -0.3 is 55.1 Å². The predicted molar refractivity (Wildman–Crippen MR) is 237 cm³/mol. The molecule has 1 aromatic heterocycles. The monoisotopic (exact) mass is 891 g/mol. The molecule has 0 radical (unpaired) electrons. The number of amides is 1. The predicted octanol–water partition coefficient (Wildman–Crippen LogP) is 3.65. The number of rotatable bonds is 12. The van der Waals surface area contributed by atoms with Gasteiger partial charge in [-0.2, -0.15) is 0 Å². The Morgan fingerprint density at radius 2 is 1.86 bits per heavy atom. The van der Waals surface area contributed by atoms with E-state index in [1.54, 1.807) is 19.2 Å². The van der Waals surface area contributed by atoms with Gasteiger partial charge in [0, 0.05) is 60.8 Å². The van der Waals surface area contributed by atoms with E-state index >= 15 is 0 Å². The molecule has 2 aliphatic carbocycles. The summed E-state index contributed by atoms with van der Waals surface area (Å²) in [5.74, 6) is 0.624. The van der Waals surface area contributed by atoms with Crippen molar-refractivity contribution in [1.29, 1.82) is 0 Å². The molecule has 2 spiro atoms. The first-order chi connectivity index (χ1) is 31.2. The third-order valence-corrected chi connectivity index (χ3v) is 14.8. The number of fused-ring (bicyclic) bond motifs is 4. The van der Waals surface area contributed by atoms with Gasteiger partial charge in [0.25, 0.3) is 0 Å². The highest BCUT2D eigenvalue weighted by atomic mass is 17.2. The van der Waals surface area contributed by atoms with Crippen LogP contribution in [0.25, 0.3) is 21.7 Å². The SMILES string of the molecule is Cc1cc(=O)c2cc3c(c(N4C=C5N=CC=C5C4)c2o1)O[C@@]1(CC=C[C@@H]([C@@H]2CNC(=O)C24CCCC4)C1)[C@H](OOC[C@@](O)(Cc1ccc(O)c2ccc(O)cc12)[C@@H](O)[C@H](O)[C@H](O)CO)C3. The zero-order chi connectivity index (χ0) is 45.4. The average Bonchev–Trinajstić information content (AvgIpc) is 4.10. The number of benzene rings is 3. The van der Waals surface area contributed by atoms with Gasteiger partial charge in [0.05, 0.1) is 29.6 Å². The summed E-state index contributed by atoms with van der Waals surface area (Å²) < 4.78 is 13.7. The van der Waals surface area contributed by atoms with Gasteiger partial charge in [0.1, 0.15) is 65.2 Å². The lowest BCUT2D eigenvalue weighted by Crippen LogP contribution is -2.58. The summed E-state index contributed by atoms with van der Waals surface area (Å²) in [5, 5.41) is 80.2. The zero-order valence-corrected chi connectivity index (χ0v) is 35.9. The van der Waals surface area contributed by atoms with Crippen LogP contribution in [0.5, 0.6) is 17.2 Å². The number of anilines is 1. The fraction of sp³-hybridized carbons (Fsp3) is 0.449. The number of nitrogens with one attached hydrogen (secondary N) is 1. The molecule has 3 aromatic carbocycles. The van der Waals surface area contributed by atoms with E-state index in [0.717, 1.165) is 37.0 Å². The minimum Gasteiger partial charge on any atom is -0.508 e. The van der Waals surface area contributed by atoms with Crippen LogP contribution in [0.4, 0.5) is 5.69 Å². The Kier molecular flexibility index (Phi) is 10.9. The molecule has 8 atom stereocenters. The number of aliphatic imine (C=N–C) groups is 1. The molecule has 16 nitrogen and oxygen atoms in total. The van der Waals surface area contributed by atoms with Gasteiger partial charge >= 0.3 is 0 Å².